The third-order valence-electron chi connectivity index (χ3n) is 6.24. The van der Waals surface area contributed by atoms with Crippen LogP contribution in [0.2, 0.25) is 0 Å². The molecule has 0 bridgehead atoms. The van der Waals surface area contributed by atoms with Gasteiger partial charge in [0.05, 0.1) is 22.7 Å². The highest BCUT2D eigenvalue weighted by atomic mass is 32.2. The predicted octanol–water partition coefficient (Wildman–Crippen LogP) is 4.51. The number of halogens is 3. The van der Waals surface area contributed by atoms with E-state index < -0.39 is 45.2 Å². The molecule has 1 saturated heterocycles. The first kappa shape index (κ1) is 25.0. The van der Waals surface area contributed by atoms with Gasteiger partial charge in [-0.25, -0.2) is 17.6 Å². The molecule has 1 fully saturated rings. The Labute approximate surface area is 200 Å². The van der Waals surface area contributed by atoms with Crippen molar-refractivity contribution in [2.45, 2.75) is 46.3 Å². The van der Waals surface area contributed by atoms with Crippen molar-refractivity contribution in [2.75, 3.05) is 11.5 Å². The summed E-state index contributed by atoms with van der Waals surface area (Å²) in [4.78, 5) is 26.4. The summed E-state index contributed by atoms with van der Waals surface area (Å²) in [5, 5.41) is 0. The van der Waals surface area contributed by atoms with E-state index in [1.54, 1.807) is 20.8 Å². The second-order valence-electron chi connectivity index (χ2n) is 9.54. The SMILES string of the molecule is CC(C)n1c(=O)n(-c2cccc(OC(F)F)c2)c2c(F)cc(C(=O)C[C@]3(C)CCS(=O)(=O)C3)cc21. The molecular weight excluding hydrogens is 485 g/mol. The van der Waals surface area contributed by atoms with Crippen molar-refractivity contribution in [2.24, 2.45) is 5.41 Å². The zero-order chi connectivity index (χ0) is 25.7. The van der Waals surface area contributed by atoms with Gasteiger partial charge >= 0.3 is 12.3 Å². The van der Waals surface area contributed by atoms with Gasteiger partial charge in [0.2, 0.25) is 0 Å². The normalized spacial score (nSPS) is 19.7. The fourth-order valence-corrected chi connectivity index (χ4v) is 6.96. The number of ketones is 1. The number of imidazole rings is 1. The molecule has 11 heteroatoms. The maximum absolute atomic E-state index is 15.5. The monoisotopic (exact) mass is 510 g/mol. The molecule has 1 aromatic heterocycles. The quantitative estimate of drug-likeness (QED) is 0.437. The van der Waals surface area contributed by atoms with Gasteiger partial charge in [-0.1, -0.05) is 13.0 Å². The highest BCUT2D eigenvalue weighted by molar-refractivity contribution is 7.91. The van der Waals surface area contributed by atoms with Gasteiger partial charge in [-0.3, -0.25) is 13.9 Å². The third-order valence-corrected chi connectivity index (χ3v) is 8.20. The van der Waals surface area contributed by atoms with Gasteiger partial charge in [-0.15, -0.1) is 0 Å². The number of hydrogen-bond acceptors (Lipinski definition) is 5. The van der Waals surface area contributed by atoms with Crippen molar-refractivity contribution in [1.29, 1.82) is 0 Å². The van der Waals surface area contributed by atoms with E-state index in [-0.39, 0.29) is 46.0 Å². The van der Waals surface area contributed by atoms with Gasteiger partial charge in [0, 0.05) is 24.1 Å². The summed E-state index contributed by atoms with van der Waals surface area (Å²) < 4.78 is 71.4. The number of benzene rings is 2. The van der Waals surface area contributed by atoms with Crippen LogP contribution in [0.5, 0.6) is 5.75 Å². The molecule has 1 aliphatic rings. The van der Waals surface area contributed by atoms with E-state index in [1.165, 1.54) is 34.9 Å². The Hall–Kier alpha value is -3.08. The van der Waals surface area contributed by atoms with Crippen LogP contribution >= 0.6 is 0 Å². The molecule has 0 aliphatic carbocycles. The maximum Gasteiger partial charge on any atom is 0.387 e. The van der Waals surface area contributed by atoms with Crippen molar-refractivity contribution in [3.05, 3.63) is 58.3 Å². The minimum Gasteiger partial charge on any atom is -0.435 e. The Bertz CT molecular complexity index is 1480. The molecule has 2 heterocycles. The summed E-state index contributed by atoms with van der Waals surface area (Å²) in [5.74, 6) is -1.56. The molecule has 0 amide bonds. The van der Waals surface area contributed by atoms with Crippen LogP contribution in [0.3, 0.4) is 0 Å². The van der Waals surface area contributed by atoms with Crippen LogP contribution in [-0.4, -0.2) is 41.5 Å². The highest BCUT2D eigenvalue weighted by Gasteiger charge is 2.40. The summed E-state index contributed by atoms with van der Waals surface area (Å²) in [6.07, 6.45) is 0.271. The lowest BCUT2D eigenvalue weighted by Gasteiger charge is -2.20. The number of fused-ring (bicyclic) bond motifs is 1. The number of Topliss-reactive ketones (excluding diaryl/α,β-unsaturated/α-hetero) is 1. The first-order chi connectivity index (χ1) is 16.3. The van der Waals surface area contributed by atoms with E-state index in [9.17, 15) is 26.8 Å². The van der Waals surface area contributed by atoms with Crippen LogP contribution in [0.25, 0.3) is 16.7 Å². The molecule has 0 unspecified atom stereocenters. The summed E-state index contributed by atoms with van der Waals surface area (Å²) in [6, 6.07) is 7.40. The molecule has 0 saturated carbocycles. The van der Waals surface area contributed by atoms with E-state index in [2.05, 4.69) is 4.74 Å². The number of carbonyl (C=O) groups is 1. The van der Waals surface area contributed by atoms with E-state index >= 15 is 4.39 Å². The fraction of sp³-hybridized carbons (Fsp3) is 0.417. The minimum atomic E-state index is -3.22. The number of alkyl halides is 2. The van der Waals surface area contributed by atoms with E-state index in [0.29, 0.717) is 6.42 Å². The molecule has 0 radical (unpaired) electrons. The van der Waals surface area contributed by atoms with E-state index in [0.717, 1.165) is 10.6 Å². The first-order valence-corrected chi connectivity index (χ1v) is 12.9. The van der Waals surface area contributed by atoms with Gasteiger partial charge in [-0.2, -0.15) is 8.78 Å². The average molecular weight is 511 g/mol. The van der Waals surface area contributed by atoms with Gasteiger partial charge in [0.1, 0.15) is 17.1 Å². The number of aromatic nitrogens is 2. The number of hydrogen-bond donors (Lipinski definition) is 0. The van der Waals surface area contributed by atoms with Gasteiger partial charge in [-0.05, 0) is 49.9 Å². The third kappa shape index (κ3) is 4.86. The molecule has 4 rings (SSSR count). The van der Waals surface area contributed by atoms with Crippen molar-refractivity contribution in [3.8, 4) is 11.4 Å². The minimum absolute atomic E-state index is 0.00819. The lowest BCUT2D eigenvalue weighted by Crippen LogP contribution is -2.24. The highest BCUT2D eigenvalue weighted by Crippen LogP contribution is 2.37. The number of sulfone groups is 1. The molecule has 3 aromatic rings. The molecule has 0 N–H and O–H groups in total. The Morgan fingerprint density at radius 1 is 1.20 bits per heavy atom. The lowest BCUT2D eigenvalue weighted by atomic mass is 9.83. The number of nitrogens with zero attached hydrogens (tertiary/aromatic N) is 2. The van der Waals surface area contributed by atoms with Crippen LogP contribution in [0.4, 0.5) is 13.2 Å². The number of rotatable bonds is 7. The van der Waals surface area contributed by atoms with Crippen LogP contribution in [0.15, 0.2) is 41.2 Å². The topological polar surface area (TPSA) is 87.4 Å². The van der Waals surface area contributed by atoms with Crippen molar-refractivity contribution in [3.63, 3.8) is 0 Å². The molecule has 0 spiro atoms. The van der Waals surface area contributed by atoms with Crippen molar-refractivity contribution >= 4 is 26.7 Å². The molecule has 1 atom stereocenters. The largest absolute Gasteiger partial charge is 0.435 e. The smallest absolute Gasteiger partial charge is 0.387 e. The lowest BCUT2D eigenvalue weighted by molar-refractivity contribution is -0.0498. The maximum atomic E-state index is 15.5. The Morgan fingerprint density at radius 3 is 2.51 bits per heavy atom. The zero-order valence-electron chi connectivity index (χ0n) is 19.4. The fourth-order valence-electron chi connectivity index (χ4n) is 4.70. The standard InChI is InChI=1S/C24H25F3N2O5S/c1-14(2)28-19-10-15(20(30)12-24(3)7-8-35(32,33)13-24)9-18(25)21(19)29(23(28)31)16-5-4-6-17(11-16)34-22(26)27/h4-6,9-11,14,22H,7-8,12-13H2,1-3H3/t24-/m0/s1. The Morgan fingerprint density at radius 2 is 1.91 bits per heavy atom. The Kier molecular flexibility index (Phi) is 6.33. The average Bonchev–Trinajstić information content (AvgIpc) is 3.19. The van der Waals surface area contributed by atoms with Crippen LogP contribution in [0, 0.1) is 11.2 Å². The van der Waals surface area contributed by atoms with Crippen LogP contribution in [-0.2, 0) is 9.84 Å². The van der Waals surface area contributed by atoms with Gasteiger partial charge in [0.25, 0.3) is 0 Å². The molecular formula is C24H25F3N2O5S. The molecule has 7 nitrogen and oxygen atoms in total. The summed E-state index contributed by atoms with van der Waals surface area (Å²) in [5.41, 5.74) is -1.14. The summed E-state index contributed by atoms with van der Waals surface area (Å²) in [7, 11) is -3.22. The first-order valence-electron chi connectivity index (χ1n) is 11.1. The van der Waals surface area contributed by atoms with Gasteiger partial charge in [0.15, 0.2) is 15.6 Å². The predicted molar refractivity (Wildman–Crippen MR) is 125 cm³/mol. The van der Waals surface area contributed by atoms with E-state index in [4.69, 9.17) is 0 Å². The van der Waals surface area contributed by atoms with Crippen LogP contribution in [0.1, 0.15) is 50.0 Å². The number of carbonyl (C=O) groups excluding carboxylic acids is 1. The second-order valence-corrected chi connectivity index (χ2v) is 11.7. The number of ether oxygens (including phenoxy) is 1. The summed E-state index contributed by atoms with van der Waals surface area (Å²) >= 11 is 0. The van der Waals surface area contributed by atoms with Crippen molar-refractivity contribution < 1.29 is 31.1 Å². The second kappa shape index (κ2) is 8.85. The Balaban J connectivity index is 1.83. The van der Waals surface area contributed by atoms with Crippen LogP contribution < -0.4 is 10.4 Å². The molecule has 2 aromatic carbocycles. The van der Waals surface area contributed by atoms with E-state index in [1.807, 2.05) is 0 Å². The summed E-state index contributed by atoms with van der Waals surface area (Å²) in [6.45, 7) is 2.09. The van der Waals surface area contributed by atoms with Crippen molar-refractivity contribution in [1.82, 2.24) is 9.13 Å². The zero-order valence-corrected chi connectivity index (χ0v) is 20.2. The molecule has 35 heavy (non-hydrogen) atoms. The molecule has 1 aliphatic heterocycles. The molecule has 188 valence electrons. The van der Waals surface area contributed by atoms with Gasteiger partial charge < -0.3 is 4.74 Å².